The van der Waals surface area contributed by atoms with Gasteiger partial charge in [0.15, 0.2) is 0 Å². The Labute approximate surface area is 131 Å². The third-order valence-electron chi connectivity index (χ3n) is 3.50. The SMILES string of the molecule is Cc1nc(C)c(C)c(C)n1.Cc1nc(CO)c(C)c(CO)n1. The van der Waals surface area contributed by atoms with Gasteiger partial charge in [-0.25, -0.2) is 19.9 Å². The molecule has 0 saturated carbocycles. The topological polar surface area (TPSA) is 92.0 Å². The lowest BCUT2D eigenvalue weighted by atomic mass is 10.2. The molecule has 2 heterocycles. The Kier molecular flexibility index (Phi) is 6.52. The minimum Gasteiger partial charge on any atom is -0.390 e. The highest BCUT2D eigenvalue weighted by atomic mass is 16.3. The first kappa shape index (κ1) is 18.1. The fraction of sp³-hybridized carbons (Fsp3) is 0.500. The summed E-state index contributed by atoms with van der Waals surface area (Å²) in [4.78, 5) is 16.5. The van der Waals surface area contributed by atoms with Crippen LogP contribution in [0.5, 0.6) is 0 Å². The number of aryl methyl sites for hydroxylation is 4. The first-order valence-electron chi connectivity index (χ1n) is 7.13. The van der Waals surface area contributed by atoms with Crippen LogP contribution in [0, 0.1) is 41.5 Å². The molecule has 0 amide bonds. The number of aromatic nitrogens is 4. The second-order valence-electron chi connectivity index (χ2n) is 5.17. The Balaban J connectivity index is 0.000000224. The standard InChI is InChI=1S/C8H12N2O2.C8H12N2/c1-5-7(3-11)9-6(2)10-8(5)4-12;1-5-6(2)9-8(4)10-7(5)3/h11-12H,3-4H2,1-2H3;1-4H3. The van der Waals surface area contributed by atoms with Gasteiger partial charge < -0.3 is 10.2 Å². The molecule has 0 unspecified atom stereocenters. The lowest BCUT2D eigenvalue weighted by molar-refractivity contribution is 0.266. The third-order valence-corrected chi connectivity index (χ3v) is 3.50. The minimum absolute atomic E-state index is 0.109. The fourth-order valence-electron chi connectivity index (χ4n) is 2.00. The van der Waals surface area contributed by atoms with Crippen LogP contribution in [0.1, 0.15) is 45.6 Å². The summed E-state index contributed by atoms with van der Waals surface area (Å²) in [6.07, 6.45) is 0. The van der Waals surface area contributed by atoms with Crippen LogP contribution >= 0.6 is 0 Å². The largest absolute Gasteiger partial charge is 0.390 e. The van der Waals surface area contributed by atoms with Crippen molar-refractivity contribution >= 4 is 0 Å². The van der Waals surface area contributed by atoms with Crippen LogP contribution in [0.4, 0.5) is 0 Å². The summed E-state index contributed by atoms with van der Waals surface area (Å²) in [5.74, 6) is 1.44. The van der Waals surface area contributed by atoms with Gasteiger partial charge in [-0.2, -0.15) is 0 Å². The summed E-state index contributed by atoms with van der Waals surface area (Å²) in [5.41, 5.74) is 5.32. The molecule has 0 bridgehead atoms. The zero-order valence-electron chi connectivity index (χ0n) is 14.1. The molecular weight excluding hydrogens is 280 g/mol. The highest BCUT2D eigenvalue weighted by molar-refractivity contribution is 5.23. The molecule has 0 aliphatic carbocycles. The molecule has 22 heavy (non-hydrogen) atoms. The number of hydrogen-bond acceptors (Lipinski definition) is 6. The zero-order chi connectivity index (χ0) is 16.9. The van der Waals surface area contributed by atoms with E-state index in [-0.39, 0.29) is 13.2 Å². The van der Waals surface area contributed by atoms with E-state index in [9.17, 15) is 0 Å². The highest BCUT2D eigenvalue weighted by Crippen LogP contribution is 2.09. The highest BCUT2D eigenvalue weighted by Gasteiger charge is 2.06. The number of aliphatic hydroxyl groups is 2. The summed E-state index contributed by atoms with van der Waals surface area (Å²) in [6.45, 7) is 11.3. The van der Waals surface area contributed by atoms with Crippen molar-refractivity contribution in [3.8, 4) is 0 Å². The summed E-state index contributed by atoms with van der Waals surface area (Å²) in [7, 11) is 0. The molecule has 0 fully saturated rings. The van der Waals surface area contributed by atoms with Gasteiger partial charge in [-0.15, -0.1) is 0 Å². The lowest BCUT2D eigenvalue weighted by Gasteiger charge is -2.06. The molecule has 2 N–H and O–H groups in total. The molecule has 0 spiro atoms. The molecule has 6 heteroatoms. The fourth-order valence-corrected chi connectivity index (χ4v) is 2.00. The van der Waals surface area contributed by atoms with Crippen LogP contribution in [0.15, 0.2) is 0 Å². The van der Waals surface area contributed by atoms with Gasteiger partial charge in [0.1, 0.15) is 11.6 Å². The maximum absolute atomic E-state index is 8.89. The van der Waals surface area contributed by atoms with E-state index in [1.54, 1.807) is 13.8 Å². The van der Waals surface area contributed by atoms with Gasteiger partial charge in [0.25, 0.3) is 0 Å². The molecule has 0 atom stereocenters. The molecule has 0 aromatic carbocycles. The van der Waals surface area contributed by atoms with Crippen molar-refractivity contribution in [1.82, 2.24) is 19.9 Å². The van der Waals surface area contributed by atoms with E-state index in [0.717, 1.165) is 22.8 Å². The average molecular weight is 304 g/mol. The van der Waals surface area contributed by atoms with Crippen LogP contribution in [0.3, 0.4) is 0 Å². The molecule has 0 aliphatic heterocycles. The summed E-state index contributed by atoms with van der Waals surface area (Å²) >= 11 is 0. The van der Waals surface area contributed by atoms with Crippen molar-refractivity contribution in [2.45, 2.75) is 54.8 Å². The molecule has 6 nitrogen and oxygen atoms in total. The monoisotopic (exact) mass is 304 g/mol. The van der Waals surface area contributed by atoms with Gasteiger partial charge in [0.05, 0.1) is 24.6 Å². The molecule has 2 aromatic heterocycles. The maximum atomic E-state index is 8.89. The lowest BCUT2D eigenvalue weighted by Crippen LogP contribution is -2.05. The van der Waals surface area contributed by atoms with Crippen molar-refractivity contribution in [3.05, 3.63) is 45.6 Å². The number of aliphatic hydroxyl groups excluding tert-OH is 2. The predicted molar refractivity (Wildman–Crippen MR) is 84.3 cm³/mol. The summed E-state index contributed by atoms with van der Waals surface area (Å²) in [6, 6.07) is 0. The Morgan fingerprint density at radius 2 is 0.955 bits per heavy atom. The summed E-state index contributed by atoms with van der Waals surface area (Å²) < 4.78 is 0. The van der Waals surface area contributed by atoms with Crippen LogP contribution in [-0.4, -0.2) is 30.1 Å². The molecular formula is C16H24N4O2. The summed E-state index contributed by atoms with van der Waals surface area (Å²) in [5, 5.41) is 17.8. The van der Waals surface area contributed by atoms with Crippen LogP contribution in [-0.2, 0) is 13.2 Å². The minimum atomic E-state index is -0.109. The second kappa shape index (κ2) is 7.91. The Morgan fingerprint density at radius 1 is 0.591 bits per heavy atom. The molecule has 0 radical (unpaired) electrons. The number of nitrogens with zero attached hydrogens (tertiary/aromatic N) is 4. The van der Waals surface area contributed by atoms with Crippen molar-refractivity contribution < 1.29 is 10.2 Å². The molecule has 0 aliphatic rings. The predicted octanol–water partition coefficient (Wildman–Crippen LogP) is 1.79. The third kappa shape index (κ3) is 4.54. The Hall–Kier alpha value is -1.92. The first-order valence-corrected chi connectivity index (χ1v) is 7.13. The molecule has 2 aromatic rings. The molecule has 0 saturated heterocycles. The molecule has 120 valence electrons. The van der Waals surface area contributed by atoms with Crippen LogP contribution < -0.4 is 0 Å². The van der Waals surface area contributed by atoms with Crippen molar-refractivity contribution in [2.24, 2.45) is 0 Å². The number of hydrogen-bond donors (Lipinski definition) is 2. The second-order valence-corrected chi connectivity index (χ2v) is 5.17. The van der Waals surface area contributed by atoms with E-state index in [1.807, 2.05) is 27.7 Å². The maximum Gasteiger partial charge on any atom is 0.126 e. The van der Waals surface area contributed by atoms with Crippen molar-refractivity contribution in [3.63, 3.8) is 0 Å². The van der Waals surface area contributed by atoms with Crippen LogP contribution in [0.2, 0.25) is 0 Å². The van der Waals surface area contributed by atoms with Crippen LogP contribution in [0.25, 0.3) is 0 Å². The van der Waals surface area contributed by atoms with E-state index >= 15 is 0 Å². The normalized spacial score (nSPS) is 10.2. The van der Waals surface area contributed by atoms with Gasteiger partial charge in [0, 0.05) is 11.4 Å². The molecule has 2 rings (SSSR count). The Morgan fingerprint density at radius 3 is 1.32 bits per heavy atom. The van der Waals surface area contributed by atoms with Gasteiger partial charge in [-0.05, 0) is 52.7 Å². The van der Waals surface area contributed by atoms with E-state index in [4.69, 9.17) is 10.2 Å². The van der Waals surface area contributed by atoms with Crippen molar-refractivity contribution in [1.29, 1.82) is 0 Å². The zero-order valence-corrected chi connectivity index (χ0v) is 14.1. The van der Waals surface area contributed by atoms with E-state index < -0.39 is 0 Å². The van der Waals surface area contributed by atoms with Gasteiger partial charge >= 0.3 is 0 Å². The van der Waals surface area contributed by atoms with Gasteiger partial charge in [0.2, 0.25) is 0 Å². The smallest absolute Gasteiger partial charge is 0.126 e. The van der Waals surface area contributed by atoms with Gasteiger partial charge in [-0.1, -0.05) is 0 Å². The van der Waals surface area contributed by atoms with E-state index in [1.165, 1.54) is 5.56 Å². The van der Waals surface area contributed by atoms with E-state index in [2.05, 4.69) is 19.9 Å². The first-order chi connectivity index (χ1) is 10.3. The number of rotatable bonds is 2. The van der Waals surface area contributed by atoms with Crippen molar-refractivity contribution in [2.75, 3.05) is 0 Å². The average Bonchev–Trinajstić information content (AvgIpc) is 2.47. The van der Waals surface area contributed by atoms with Gasteiger partial charge in [-0.3, -0.25) is 0 Å². The Bertz CT molecular complexity index is 609. The van der Waals surface area contributed by atoms with E-state index in [0.29, 0.717) is 17.2 Å². The quantitative estimate of drug-likeness (QED) is 0.879.